The van der Waals surface area contributed by atoms with Crippen LogP contribution in [0.5, 0.6) is 5.75 Å². The minimum atomic E-state index is -0.622. The van der Waals surface area contributed by atoms with Crippen molar-refractivity contribution >= 4 is 17.5 Å². The number of para-hydroxylation sites is 2. The lowest BCUT2D eigenvalue weighted by Crippen LogP contribution is -2.38. The molecule has 1 fully saturated rings. The molecule has 25 heavy (non-hydrogen) atoms. The molecule has 0 spiro atoms. The summed E-state index contributed by atoms with van der Waals surface area (Å²) in [6, 6.07) is 16.2. The predicted molar refractivity (Wildman–Crippen MR) is 96.7 cm³/mol. The van der Waals surface area contributed by atoms with Crippen LogP contribution < -0.4 is 10.1 Å². The molecule has 2 amide bonds. The maximum absolute atomic E-state index is 12.6. The number of rotatable bonds is 5. The molecule has 2 aromatic carbocycles. The van der Waals surface area contributed by atoms with E-state index in [2.05, 4.69) is 5.32 Å². The van der Waals surface area contributed by atoms with E-state index in [1.54, 1.807) is 31.2 Å². The molecule has 3 rings (SSSR count). The molecular weight excluding hydrogens is 316 g/mol. The molecule has 0 saturated carbocycles. The molecule has 0 bridgehead atoms. The van der Waals surface area contributed by atoms with Crippen LogP contribution in [0.15, 0.2) is 54.6 Å². The molecular formula is C20H22N2O3. The average Bonchev–Trinajstić information content (AvgIpc) is 3.17. The lowest BCUT2D eigenvalue weighted by molar-refractivity contribution is -0.136. The van der Waals surface area contributed by atoms with Crippen molar-refractivity contribution in [3.63, 3.8) is 0 Å². The van der Waals surface area contributed by atoms with Gasteiger partial charge in [0.2, 0.25) is 0 Å². The molecule has 1 N–H and O–H groups in total. The van der Waals surface area contributed by atoms with Crippen LogP contribution in [0.3, 0.4) is 0 Å². The van der Waals surface area contributed by atoms with E-state index >= 15 is 0 Å². The maximum atomic E-state index is 12.6. The molecule has 1 aliphatic heterocycles. The summed E-state index contributed by atoms with van der Waals surface area (Å²) >= 11 is 0. The van der Waals surface area contributed by atoms with Crippen LogP contribution in [0.25, 0.3) is 0 Å². The topological polar surface area (TPSA) is 58.6 Å². The fraction of sp³-hybridized carbons (Fsp3) is 0.300. The van der Waals surface area contributed by atoms with Gasteiger partial charge in [-0.05, 0) is 44.0 Å². The van der Waals surface area contributed by atoms with Gasteiger partial charge in [0.05, 0.1) is 5.56 Å². The normalized spacial score (nSPS) is 14.8. The minimum Gasteiger partial charge on any atom is -0.480 e. The Morgan fingerprint density at radius 2 is 1.64 bits per heavy atom. The number of carbonyl (C=O) groups is 2. The fourth-order valence-corrected chi connectivity index (χ4v) is 2.91. The monoisotopic (exact) mass is 338 g/mol. The molecule has 1 atom stereocenters. The zero-order valence-electron chi connectivity index (χ0n) is 14.3. The Hall–Kier alpha value is -2.82. The fourth-order valence-electron chi connectivity index (χ4n) is 2.91. The molecule has 0 unspecified atom stereocenters. The van der Waals surface area contributed by atoms with Gasteiger partial charge in [-0.2, -0.15) is 0 Å². The van der Waals surface area contributed by atoms with Gasteiger partial charge in [0.1, 0.15) is 5.75 Å². The first-order chi connectivity index (χ1) is 12.1. The Morgan fingerprint density at radius 3 is 2.36 bits per heavy atom. The van der Waals surface area contributed by atoms with Crippen LogP contribution >= 0.6 is 0 Å². The summed E-state index contributed by atoms with van der Waals surface area (Å²) in [6.45, 7) is 3.29. The van der Waals surface area contributed by atoms with Gasteiger partial charge in [-0.25, -0.2) is 0 Å². The summed E-state index contributed by atoms with van der Waals surface area (Å²) in [5.74, 6) is 0.120. The van der Waals surface area contributed by atoms with Crippen LogP contribution in [0, 0.1) is 0 Å². The molecule has 0 aliphatic carbocycles. The zero-order valence-corrected chi connectivity index (χ0v) is 14.3. The number of benzene rings is 2. The second-order valence-electron chi connectivity index (χ2n) is 6.11. The van der Waals surface area contributed by atoms with Gasteiger partial charge in [-0.1, -0.05) is 30.3 Å². The van der Waals surface area contributed by atoms with Gasteiger partial charge in [0, 0.05) is 18.8 Å². The third-order valence-electron chi connectivity index (χ3n) is 4.23. The van der Waals surface area contributed by atoms with E-state index in [-0.39, 0.29) is 11.8 Å². The van der Waals surface area contributed by atoms with E-state index in [1.165, 1.54) is 0 Å². The summed E-state index contributed by atoms with van der Waals surface area (Å²) in [7, 11) is 0. The number of ether oxygens (including phenoxy) is 1. The molecule has 1 heterocycles. The zero-order chi connectivity index (χ0) is 17.6. The largest absolute Gasteiger partial charge is 0.480 e. The summed E-state index contributed by atoms with van der Waals surface area (Å²) in [5.41, 5.74) is 1.12. The minimum absolute atomic E-state index is 0.0317. The summed E-state index contributed by atoms with van der Waals surface area (Å²) in [6.07, 6.45) is 1.45. The first kappa shape index (κ1) is 17.0. The Bertz CT molecular complexity index is 740. The highest BCUT2D eigenvalue weighted by atomic mass is 16.5. The van der Waals surface area contributed by atoms with Crippen molar-refractivity contribution in [2.24, 2.45) is 0 Å². The first-order valence-corrected chi connectivity index (χ1v) is 8.56. The number of likely N-dealkylation sites (tertiary alicyclic amines) is 1. The van der Waals surface area contributed by atoms with Crippen molar-refractivity contribution in [2.45, 2.75) is 25.9 Å². The summed E-state index contributed by atoms with van der Waals surface area (Å²) in [5, 5.41) is 2.84. The number of nitrogens with zero attached hydrogens (tertiary/aromatic N) is 1. The van der Waals surface area contributed by atoms with Crippen molar-refractivity contribution in [1.82, 2.24) is 4.90 Å². The van der Waals surface area contributed by atoms with Gasteiger partial charge >= 0.3 is 0 Å². The average molecular weight is 338 g/mol. The number of amides is 2. The lowest BCUT2D eigenvalue weighted by Gasteiger charge is -2.22. The van der Waals surface area contributed by atoms with Gasteiger partial charge < -0.3 is 15.0 Å². The van der Waals surface area contributed by atoms with Crippen molar-refractivity contribution in [3.05, 3.63) is 60.2 Å². The molecule has 2 aromatic rings. The Balaban J connectivity index is 1.72. The third kappa shape index (κ3) is 4.18. The van der Waals surface area contributed by atoms with Crippen LogP contribution in [-0.2, 0) is 4.79 Å². The third-order valence-corrected chi connectivity index (χ3v) is 4.23. The van der Waals surface area contributed by atoms with Gasteiger partial charge in [0.15, 0.2) is 6.10 Å². The molecule has 130 valence electrons. The summed E-state index contributed by atoms with van der Waals surface area (Å²) in [4.78, 5) is 26.8. The highest BCUT2D eigenvalue weighted by Crippen LogP contribution is 2.22. The molecule has 0 radical (unpaired) electrons. The molecule has 0 aromatic heterocycles. The quantitative estimate of drug-likeness (QED) is 0.910. The Kier molecular flexibility index (Phi) is 5.33. The van der Waals surface area contributed by atoms with Crippen LogP contribution in [0.2, 0.25) is 0 Å². The van der Waals surface area contributed by atoms with E-state index < -0.39 is 6.10 Å². The number of nitrogens with one attached hydrogen (secondary N) is 1. The standard InChI is InChI=1S/C20H22N2O3/c1-15(20(24)22-13-7-8-14-22)25-18-12-6-5-11-17(18)19(23)21-16-9-3-2-4-10-16/h2-6,9-12,15H,7-8,13-14H2,1H3,(H,21,23)/t15-/m0/s1. The van der Waals surface area contributed by atoms with Crippen LogP contribution in [0.1, 0.15) is 30.1 Å². The van der Waals surface area contributed by atoms with Crippen molar-refractivity contribution < 1.29 is 14.3 Å². The maximum Gasteiger partial charge on any atom is 0.263 e. The van der Waals surface area contributed by atoms with Gasteiger partial charge in [0.25, 0.3) is 11.8 Å². The Labute approximate surface area is 147 Å². The second-order valence-corrected chi connectivity index (χ2v) is 6.11. The smallest absolute Gasteiger partial charge is 0.263 e. The van der Waals surface area contributed by atoms with E-state index in [4.69, 9.17) is 4.74 Å². The van der Waals surface area contributed by atoms with E-state index in [0.717, 1.165) is 25.9 Å². The number of hydrogen-bond acceptors (Lipinski definition) is 3. The number of carbonyl (C=O) groups excluding carboxylic acids is 2. The van der Waals surface area contributed by atoms with Crippen molar-refractivity contribution in [1.29, 1.82) is 0 Å². The van der Waals surface area contributed by atoms with E-state index in [9.17, 15) is 9.59 Å². The number of hydrogen-bond donors (Lipinski definition) is 1. The van der Waals surface area contributed by atoms with Crippen LogP contribution in [0.4, 0.5) is 5.69 Å². The molecule has 5 heteroatoms. The predicted octanol–water partition coefficient (Wildman–Crippen LogP) is 3.33. The molecule has 5 nitrogen and oxygen atoms in total. The van der Waals surface area contributed by atoms with Crippen molar-refractivity contribution in [2.75, 3.05) is 18.4 Å². The van der Waals surface area contributed by atoms with E-state index in [0.29, 0.717) is 17.0 Å². The number of anilines is 1. The first-order valence-electron chi connectivity index (χ1n) is 8.56. The van der Waals surface area contributed by atoms with Crippen LogP contribution in [-0.4, -0.2) is 35.9 Å². The Morgan fingerprint density at radius 1 is 1.00 bits per heavy atom. The van der Waals surface area contributed by atoms with Gasteiger partial charge in [-0.3, -0.25) is 9.59 Å². The molecule has 1 aliphatic rings. The van der Waals surface area contributed by atoms with Crippen molar-refractivity contribution in [3.8, 4) is 5.75 Å². The van der Waals surface area contributed by atoms with Gasteiger partial charge in [-0.15, -0.1) is 0 Å². The summed E-state index contributed by atoms with van der Waals surface area (Å²) < 4.78 is 5.83. The second kappa shape index (κ2) is 7.83. The SMILES string of the molecule is C[C@H](Oc1ccccc1C(=O)Nc1ccccc1)C(=O)N1CCCC1. The van der Waals surface area contributed by atoms with E-state index in [1.807, 2.05) is 35.2 Å². The highest BCUT2D eigenvalue weighted by Gasteiger charge is 2.25. The molecule has 1 saturated heterocycles. The highest BCUT2D eigenvalue weighted by molar-refractivity contribution is 6.06. The lowest BCUT2D eigenvalue weighted by atomic mass is 10.1.